The molecule has 4 nitrogen and oxygen atoms in total. The fourth-order valence-electron chi connectivity index (χ4n) is 1.62. The molecule has 0 saturated carbocycles. The molecule has 0 unspecified atom stereocenters. The van der Waals surface area contributed by atoms with Crippen molar-refractivity contribution in [2.45, 2.75) is 52.6 Å². The predicted octanol–water partition coefficient (Wildman–Crippen LogP) is 1.59. The summed E-state index contributed by atoms with van der Waals surface area (Å²) < 4.78 is 0. The smallest absolute Gasteiger partial charge is 0.317 e. The van der Waals surface area contributed by atoms with Crippen LogP contribution in [-0.4, -0.2) is 41.3 Å². The molecule has 0 aliphatic rings. The Balaban J connectivity index is 4.41. The Morgan fingerprint density at radius 3 is 2.20 bits per heavy atom. The first-order chi connectivity index (χ1) is 7.06. The van der Waals surface area contributed by atoms with Gasteiger partial charge >= 0.3 is 6.03 Å². The lowest BCUT2D eigenvalue weighted by Crippen LogP contribution is -2.48. The van der Waals surface area contributed by atoms with Crippen molar-refractivity contribution >= 4 is 6.03 Å². The summed E-state index contributed by atoms with van der Waals surface area (Å²) in [6, 6.07) is 0.275. The number of hydrogen-bond acceptors (Lipinski definition) is 2. The summed E-state index contributed by atoms with van der Waals surface area (Å²) in [5, 5.41) is 11.8. The van der Waals surface area contributed by atoms with Crippen LogP contribution < -0.4 is 5.32 Å². The number of nitrogens with zero attached hydrogens (tertiary/aromatic N) is 1. The fraction of sp³-hybridized carbons (Fsp3) is 0.909. The topological polar surface area (TPSA) is 52.6 Å². The van der Waals surface area contributed by atoms with Crippen molar-refractivity contribution in [3.63, 3.8) is 0 Å². The highest BCUT2D eigenvalue weighted by Gasteiger charge is 2.20. The third-order valence-corrected chi connectivity index (χ3v) is 2.40. The van der Waals surface area contributed by atoms with Crippen molar-refractivity contribution in [2.75, 3.05) is 13.2 Å². The molecule has 0 aromatic heterocycles. The van der Waals surface area contributed by atoms with Crippen LogP contribution in [0.25, 0.3) is 0 Å². The number of hydrogen-bond donors (Lipinski definition) is 2. The van der Waals surface area contributed by atoms with Gasteiger partial charge in [0.1, 0.15) is 0 Å². The first-order valence-electron chi connectivity index (χ1n) is 5.74. The van der Waals surface area contributed by atoms with Crippen molar-refractivity contribution in [3.8, 4) is 0 Å². The zero-order chi connectivity index (χ0) is 11.8. The molecule has 4 heteroatoms. The van der Waals surface area contributed by atoms with Gasteiger partial charge < -0.3 is 15.3 Å². The van der Waals surface area contributed by atoms with Gasteiger partial charge in [-0.15, -0.1) is 0 Å². The minimum Gasteiger partial charge on any atom is -0.395 e. The predicted molar refractivity (Wildman–Crippen MR) is 61.8 cm³/mol. The number of nitrogens with one attached hydrogen (secondary N) is 1. The van der Waals surface area contributed by atoms with Gasteiger partial charge in [0.05, 0.1) is 6.61 Å². The monoisotopic (exact) mass is 216 g/mol. The van der Waals surface area contributed by atoms with Crippen LogP contribution in [0.1, 0.15) is 40.5 Å². The highest BCUT2D eigenvalue weighted by atomic mass is 16.3. The Labute approximate surface area is 92.7 Å². The van der Waals surface area contributed by atoms with E-state index in [2.05, 4.69) is 19.2 Å². The van der Waals surface area contributed by atoms with Crippen LogP contribution in [0.15, 0.2) is 0 Å². The second-order valence-corrected chi connectivity index (χ2v) is 3.99. The van der Waals surface area contributed by atoms with E-state index in [0.29, 0.717) is 6.54 Å². The van der Waals surface area contributed by atoms with E-state index in [1.54, 1.807) is 4.90 Å². The minimum atomic E-state index is -0.0762. The molecule has 0 saturated heterocycles. The maximum atomic E-state index is 11.8. The van der Waals surface area contributed by atoms with Crippen molar-refractivity contribution < 1.29 is 9.90 Å². The molecule has 0 aliphatic carbocycles. The van der Waals surface area contributed by atoms with Crippen LogP contribution >= 0.6 is 0 Å². The van der Waals surface area contributed by atoms with E-state index in [4.69, 9.17) is 5.11 Å². The number of carbonyl (C=O) groups is 1. The summed E-state index contributed by atoms with van der Waals surface area (Å²) in [6.07, 6.45) is 1.84. The van der Waals surface area contributed by atoms with Crippen molar-refractivity contribution in [1.82, 2.24) is 10.2 Å². The lowest BCUT2D eigenvalue weighted by atomic mass is 10.1. The molecule has 0 aliphatic heterocycles. The number of aliphatic hydroxyl groups excluding tert-OH is 1. The Bertz CT molecular complexity index is 179. The SMILES string of the molecule is CCC(CC)N(CCO)C(=O)NC(C)C. The lowest BCUT2D eigenvalue weighted by molar-refractivity contribution is 0.146. The van der Waals surface area contributed by atoms with Crippen LogP contribution in [-0.2, 0) is 0 Å². The molecule has 90 valence electrons. The normalized spacial score (nSPS) is 10.9. The minimum absolute atomic E-state index is 0.0159. The van der Waals surface area contributed by atoms with Gasteiger partial charge in [-0.1, -0.05) is 13.8 Å². The summed E-state index contributed by atoms with van der Waals surface area (Å²) in [5.41, 5.74) is 0. The highest BCUT2D eigenvalue weighted by Crippen LogP contribution is 2.08. The second-order valence-electron chi connectivity index (χ2n) is 3.99. The highest BCUT2D eigenvalue weighted by molar-refractivity contribution is 5.74. The van der Waals surface area contributed by atoms with Crippen LogP contribution in [0, 0.1) is 0 Å². The molecule has 0 spiro atoms. The molecule has 0 fully saturated rings. The number of rotatable bonds is 6. The van der Waals surface area contributed by atoms with Crippen molar-refractivity contribution in [2.24, 2.45) is 0 Å². The van der Waals surface area contributed by atoms with E-state index >= 15 is 0 Å². The first kappa shape index (κ1) is 14.2. The molecule has 2 N–H and O–H groups in total. The molecule has 0 radical (unpaired) electrons. The van der Waals surface area contributed by atoms with Gasteiger partial charge in [-0.3, -0.25) is 0 Å². The first-order valence-corrected chi connectivity index (χ1v) is 5.74. The maximum Gasteiger partial charge on any atom is 0.317 e. The van der Waals surface area contributed by atoms with Crippen LogP contribution in [0.2, 0.25) is 0 Å². The largest absolute Gasteiger partial charge is 0.395 e. The number of amides is 2. The molecular formula is C11H24N2O2. The molecule has 0 bridgehead atoms. The standard InChI is InChI=1S/C11H24N2O2/c1-5-10(6-2)13(7-8-14)11(15)12-9(3)4/h9-10,14H,5-8H2,1-4H3,(H,12,15). The van der Waals surface area contributed by atoms with Gasteiger partial charge in [-0.2, -0.15) is 0 Å². The molecule has 0 aromatic carbocycles. The van der Waals surface area contributed by atoms with Crippen molar-refractivity contribution in [1.29, 1.82) is 0 Å². The molecule has 0 atom stereocenters. The zero-order valence-corrected chi connectivity index (χ0v) is 10.3. The quantitative estimate of drug-likeness (QED) is 0.708. The molecule has 0 aromatic rings. The third-order valence-electron chi connectivity index (χ3n) is 2.40. The summed E-state index contributed by atoms with van der Waals surface area (Å²) in [6.45, 7) is 8.40. The van der Waals surface area contributed by atoms with Crippen molar-refractivity contribution in [3.05, 3.63) is 0 Å². The summed E-state index contributed by atoms with van der Waals surface area (Å²) >= 11 is 0. The van der Waals surface area contributed by atoms with Gasteiger partial charge in [-0.05, 0) is 26.7 Å². The molecular weight excluding hydrogens is 192 g/mol. The number of aliphatic hydroxyl groups is 1. The Morgan fingerprint density at radius 2 is 1.87 bits per heavy atom. The van der Waals surface area contributed by atoms with Gasteiger partial charge in [0.25, 0.3) is 0 Å². The van der Waals surface area contributed by atoms with Gasteiger partial charge in [0.15, 0.2) is 0 Å². The maximum absolute atomic E-state index is 11.8. The average molecular weight is 216 g/mol. The van der Waals surface area contributed by atoms with E-state index < -0.39 is 0 Å². The number of carbonyl (C=O) groups excluding carboxylic acids is 1. The summed E-state index contributed by atoms with van der Waals surface area (Å²) in [5.74, 6) is 0. The summed E-state index contributed by atoms with van der Waals surface area (Å²) in [4.78, 5) is 13.5. The Hall–Kier alpha value is -0.770. The molecule has 15 heavy (non-hydrogen) atoms. The molecule has 0 rings (SSSR count). The van der Waals surface area contributed by atoms with Gasteiger partial charge in [-0.25, -0.2) is 4.79 Å². The fourth-order valence-corrected chi connectivity index (χ4v) is 1.62. The summed E-state index contributed by atoms with van der Waals surface area (Å²) in [7, 11) is 0. The Morgan fingerprint density at radius 1 is 1.33 bits per heavy atom. The van der Waals surface area contributed by atoms with E-state index in [9.17, 15) is 4.79 Å². The van der Waals surface area contributed by atoms with E-state index in [1.165, 1.54) is 0 Å². The molecule has 2 amide bonds. The average Bonchev–Trinajstić information content (AvgIpc) is 2.17. The second kappa shape index (κ2) is 7.51. The van der Waals surface area contributed by atoms with E-state index in [1.807, 2.05) is 13.8 Å². The van der Waals surface area contributed by atoms with Crippen LogP contribution in [0.4, 0.5) is 4.79 Å². The van der Waals surface area contributed by atoms with Gasteiger partial charge in [0.2, 0.25) is 0 Å². The number of urea groups is 1. The van der Waals surface area contributed by atoms with Crippen LogP contribution in [0.3, 0.4) is 0 Å². The third kappa shape index (κ3) is 5.02. The van der Waals surface area contributed by atoms with E-state index in [0.717, 1.165) is 12.8 Å². The van der Waals surface area contributed by atoms with Crippen LogP contribution in [0.5, 0.6) is 0 Å². The zero-order valence-electron chi connectivity index (χ0n) is 10.3. The van der Waals surface area contributed by atoms with E-state index in [-0.39, 0.29) is 24.7 Å². The molecule has 0 heterocycles. The Kier molecular flexibility index (Phi) is 7.13. The lowest BCUT2D eigenvalue weighted by Gasteiger charge is -2.30. The van der Waals surface area contributed by atoms with Gasteiger partial charge in [0, 0.05) is 18.6 Å².